The summed E-state index contributed by atoms with van der Waals surface area (Å²) in [6, 6.07) is 9.18. The Kier molecular flexibility index (Phi) is 4.15. The number of aromatic amines is 1. The first-order valence-corrected chi connectivity index (χ1v) is 9.92. The number of para-hydroxylation sites is 1. The number of hydrogen-bond donors (Lipinski definition) is 2. The van der Waals surface area contributed by atoms with E-state index in [1.807, 2.05) is 0 Å². The molecule has 118 valence electrons. The molecular weight excluding hydrogens is 312 g/mol. The van der Waals surface area contributed by atoms with Crippen LogP contribution in [0.2, 0.25) is 0 Å². The normalized spacial score (nSPS) is 23.2. The van der Waals surface area contributed by atoms with Crippen LogP contribution < -0.4 is 5.32 Å². The van der Waals surface area contributed by atoms with Gasteiger partial charge in [0.05, 0.1) is 6.61 Å². The Morgan fingerprint density at radius 1 is 1.32 bits per heavy atom. The number of ether oxygens (including phenoxy) is 1. The molecule has 22 heavy (non-hydrogen) atoms. The highest BCUT2D eigenvalue weighted by atomic mass is 32.2. The molecule has 2 N–H and O–H groups in total. The van der Waals surface area contributed by atoms with Crippen molar-refractivity contribution in [2.75, 3.05) is 31.8 Å². The molecule has 0 saturated carbocycles. The summed E-state index contributed by atoms with van der Waals surface area (Å²) < 4.78 is 5.46. The zero-order valence-electron chi connectivity index (χ0n) is 12.9. The second-order valence-corrected chi connectivity index (χ2v) is 8.99. The second kappa shape index (κ2) is 6.11. The third-order valence-corrected chi connectivity index (χ3v) is 8.22. The molecule has 0 radical (unpaired) electrons. The number of rotatable bonds is 4. The van der Waals surface area contributed by atoms with Gasteiger partial charge in [-0.3, -0.25) is 0 Å². The van der Waals surface area contributed by atoms with Crippen LogP contribution in [0.5, 0.6) is 0 Å². The molecule has 2 aliphatic rings. The number of hydrogen-bond acceptors (Lipinski definition) is 4. The molecule has 1 fully saturated rings. The molecule has 1 saturated heterocycles. The topological polar surface area (TPSA) is 37.0 Å². The van der Waals surface area contributed by atoms with E-state index in [9.17, 15) is 0 Å². The Balaban J connectivity index is 1.78. The van der Waals surface area contributed by atoms with E-state index in [1.165, 1.54) is 46.5 Å². The molecule has 2 aromatic rings. The minimum atomic E-state index is 0.258. The van der Waals surface area contributed by atoms with Crippen LogP contribution in [0.1, 0.15) is 30.1 Å². The first-order chi connectivity index (χ1) is 10.8. The summed E-state index contributed by atoms with van der Waals surface area (Å²) in [7, 11) is 1.76. The van der Waals surface area contributed by atoms with Crippen LogP contribution in [0.3, 0.4) is 0 Å². The molecule has 1 aliphatic heterocycles. The summed E-state index contributed by atoms with van der Waals surface area (Å²) in [6.45, 7) is 1.68. The van der Waals surface area contributed by atoms with Crippen LogP contribution >= 0.6 is 23.5 Å². The monoisotopic (exact) mass is 334 g/mol. The van der Waals surface area contributed by atoms with Gasteiger partial charge in [-0.25, -0.2) is 0 Å². The lowest BCUT2D eigenvalue weighted by atomic mass is 9.90. The van der Waals surface area contributed by atoms with E-state index in [1.54, 1.807) is 7.11 Å². The van der Waals surface area contributed by atoms with E-state index >= 15 is 0 Å². The van der Waals surface area contributed by atoms with Crippen molar-refractivity contribution >= 4 is 34.4 Å². The van der Waals surface area contributed by atoms with Gasteiger partial charge in [0.25, 0.3) is 0 Å². The number of benzene rings is 1. The number of H-pyrrole nitrogens is 1. The molecule has 5 heteroatoms. The lowest BCUT2D eigenvalue weighted by molar-refractivity contribution is 0.194. The highest BCUT2D eigenvalue weighted by Gasteiger charge is 2.45. The third kappa shape index (κ3) is 2.39. The van der Waals surface area contributed by atoms with Crippen molar-refractivity contribution in [1.82, 2.24) is 10.3 Å². The zero-order chi connectivity index (χ0) is 15.0. The molecule has 1 aliphatic carbocycles. The SMILES string of the molecule is COCCN[C@H]1CCC2(SCCS2)c2[nH]c3ccccc3c21. The summed E-state index contributed by atoms with van der Waals surface area (Å²) in [5.41, 5.74) is 4.24. The van der Waals surface area contributed by atoms with Crippen molar-refractivity contribution in [1.29, 1.82) is 0 Å². The van der Waals surface area contributed by atoms with Gasteiger partial charge in [-0.1, -0.05) is 18.2 Å². The fourth-order valence-corrected chi connectivity index (χ4v) is 7.01. The number of aromatic nitrogens is 1. The molecule has 1 aromatic carbocycles. The Bertz CT molecular complexity index is 664. The standard InChI is InChI=1S/C17H22N2OS2/c1-20-9-8-18-14-6-7-17(21-10-11-22-17)16-15(14)12-4-2-3-5-13(12)19-16/h2-5,14,18-19H,6-11H2,1H3/t14-/m0/s1. The van der Waals surface area contributed by atoms with E-state index in [0.29, 0.717) is 6.04 Å². The maximum absolute atomic E-state index is 5.20. The predicted molar refractivity (Wildman–Crippen MR) is 96.7 cm³/mol. The van der Waals surface area contributed by atoms with Gasteiger partial charge in [0.1, 0.15) is 4.08 Å². The molecule has 1 spiro atoms. The van der Waals surface area contributed by atoms with Crippen LogP contribution in [0.15, 0.2) is 24.3 Å². The van der Waals surface area contributed by atoms with Gasteiger partial charge in [-0.05, 0) is 24.5 Å². The third-order valence-electron chi connectivity index (χ3n) is 4.69. The fourth-order valence-electron chi connectivity index (χ4n) is 3.71. The van der Waals surface area contributed by atoms with E-state index in [0.717, 1.165) is 13.2 Å². The largest absolute Gasteiger partial charge is 0.383 e. The van der Waals surface area contributed by atoms with Crippen molar-refractivity contribution in [3.05, 3.63) is 35.5 Å². The van der Waals surface area contributed by atoms with Gasteiger partial charge in [0.15, 0.2) is 0 Å². The van der Waals surface area contributed by atoms with Gasteiger partial charge in [-0.15, -0.1) is 23.5 Å². The Hall–Kier alpha value is -0.620. The van der Waals surface area contributed by atoms with E-state index in [2.05, 4.69) is 58.1 Å². The van der Waals surface area contributed by atoms with Gasteiger partial charge < -0.3 is 15.0 Å². The van der Waals surface area contributed by atoms with Gasteiger partial charge in [0, 0.05) is 47.8 Å². The number of methoxy groups -OCH3 is 1. The average Bonchev–Trinajstić information content (AvgIpc) is 3.16. The van der Waals surface area contributed by atoms with Crippen molar-refractivity contribution in [3.63, 3.8) is 0 Å². The van der Waals surface area contributed by atoms with E-state index < -0.39 is 0 Å². The quantitative estimate of drug-likeness (QED) is 0.832. The minimum Gasteiger partial charge on any atom is -0.383 e. The Labute approximate surface area is 140 Å². The first kappa shape index (κ1) is 14.9. The molecule has 1 aromatic heterocycles. The average molecular weight is 335 g/mol. The van der Waals surface area contributed by atoms with Crippen LogP contribution in [0.25, 0.3) is 10.9 Å². The maximum Gasteiger partial charge on any atom is 0.101 e. The smallest absolute Gasteiger partial charge is 0.101 e. The first-order valence-electron chi connectivity index (χ1n) is 7.95. The summed E-state index contributed by atoms with van der Waals surface area (Å²) >= 11 is 4.27. The zero-order valence-corrected chi connectivity index (χ0v) is 14.5. The number of nitrogens with one attached hydrogen (secondary N) is 2. The van der Waals surface area contributed by atoms with E-state index in [4.69, 9.17) is 4.74 Å². The lowest BCUT2D eigenvalue weighted by Gasteiger charge is -2.36. The minimum absolute atomic E-state index is 0.258. The molecule has 0 unspecified atom stereocenters. The van der Waals surface area contributed by atoms with Crippen LogP contribution in [0, 0.1) is 0 Å². The van der Waals surface area contributed by atoms with Crippen molar-refractivity contribution in [2.24, 2.45) is 0 Å². The molecule has 2 heterocycles. The summed E-state index contributed by atoms with van der Waals surface area (Å²) in [5.74, 6) is 2.53. The Morgan fingerprint density at radius 2 is 2.14 bits per heavy atom. The Morgan fingerprint density at radius 3 is 2.95 bits per heavy atom. The predicted octanol–water partition coefficient (Wildman–Crippen LogP) is 3.87. The van der Waals surface area contributed by atoms with Crippen molar-refractivity contribution < 1.29 is 4.74 Å². The molecule has 0 bridgehead atoms. The fraction of sp³-hybridized carbons (Fsp3) is 0.529. The number of fused-ring (bicyclic) bond motifs is 4. The van der Waals surface area contributed by atoms with Gasteiger partial charge >= 0.3 is 0 Å². The molecule has 4 rings (SSSR count). The van der Waals surface area contributed by atoms with Crippen LogP contribution in [0.4, 0.5) is 0 Å². The molecule has 0 amide bonds. The van der Waals surface area contributed by atoms with Crippen LogP contribution in [-0.4, -0.2) is 36.8 Å². The van der Waals surface area contributed by atoms with Crippen molar-refractivity contribution in [3.8, 4) is 0 Å². The maximum atomic E-state index is 5.20. The van der Waals surface area contributed by atoms with Gasteiger partial charge in [0.2, 0.25) is 0 Å². The number of thioether (sulfide) groups is 2. The van der Waals surface area contributed by atoms with Crippen LogP contribution in [-0.2, 0) is 8.82 Å². The molecule has 1 atom stereocenters. The summed E-state index contributed by atoms with van der Waals surface area (Å²) in [6.07, 6.45) is 2.45. The lowest BCUT2D eigenvalue weighted by Crippen LogP contribution is -2.33. The molecule has 3 nitrogen and oxygen atoms in total. The highest BCUT2D eigenvalue weighted by molar-refractivity contribution is 8.20. The summed E-state index contributed by atoms with van der Waals surface area (Å²) in [5, 5.41) is 5.09. The molecular formula is C17H22N2OS2. The van der Waals surface area contributed by atoms with Gasteiger partial charge in [-0.2, -0.15) is 0 Å². The highest BCUT2D eigenvalue weighted by Crippen LogP contribution is 2.60. The second-order valence-electron chi connectivity index (χ2n) is 5.95. The van der Waals surface area contributed by atoms with Crippen molar-refractivity contribution in [2.45, 2.75) is 23.0 Å². The summed E-state index contributed by atoms with van der Waals surface area (Å²) in [4.78, 5) is 3.76. The van der Waals surface area contributed by atoms with E-state index in [-0.39, 0.29) is 4.08 Å².